The van der Waals surface area contributed by atoms with Gasteiger partial charge in [0.25, 0.3) is 0 Å². The van der Waals surface area contributed by atoms with Gasteiger partial charge in [0.2, 0.25) is 5.91 Å². The van der Waals surface area contributed by atoms with E-state index in [0.717, 1.165) is 35.7 Å². The van der Waals surface area contributed by atoms with Crippen LogP contribution in [0.1, 0.15) is 103 Å². The summed E-state index contributed by atoms with van der Waals surface area (Å²) in [6.07, 6.45) is 11.7. The van der Waals surface area contributed by atoms with E-state index in [4.69, 9.17) is 4.74 Å². The van der Waals surface area contributed by atoms with Gasteiger partial charge in [-0.1, -0.05) is 64.3 Å². The lowest BCUT2D eigenvalue weighted by Crippen LogP contribution is -2.53. The SMILES string of the molecule is CCCCCCCC(=O)SCCC/C=C/C1CC(=O)CCc2nc(cs2)C2=N[C@@](C)(CS2)C(=O)N[C@@H](C(C)C)C(=O)O1. The van der Waals surface area contributed by atoms with Crippen molar-refractivity contribution < 1.29 is 23.9 Å². The number of hydrogen-bond donors (Lipinski definition) is 1. The van der Waals surface area contributed by atoms with Crippen LogP contribution in [0.25, 0.3) is 0 Å². The van der Waals surface area contributed by atoms with Gasteiger partial charge < -0.3 is 10.1 Å². The molecule has 3 atom stereocenters. The first kappa shape index (κ1) is 34.5. The van der Waals surface area contributed by atoms with Crippen LogP contribution in [-0.2, 0) is 30.3 Å². The number of carbonyl (C=O) groups excluding carboxylic acids is 4. The fraction of sp³-hybridized carbons (Fsp3) is 0.677. The number of nitrogens with zero attached hydrogens (tertiary/aromatic N) is 2. The van der Waals surface area contributed by atoms with Crippen LogP contribution >= 0.6 is 34.9 Å². The third kappa shape index (κ3) is 10.9. The summed E-state index contributed by atoms with van der Waals surface area (Å²) in [6.45, 7) is 7.65. The smallest absolute Gasteiger partial charge is 0.329 e. The molecule has 1 aromatic rings. The maximum absolute atomic E-state index is 13.3. The number of hydrogen-bond acceptors (Lipinski definition) is 10. The summed E-state index contributed by atoms with van der Waals surface area (Å²) in [7, 11) is 0. The number of unbranched alkanes of at least 4 members (excludes halogenated alkanes) is 5. The molecule has 0 spiro atoms. The number of esters is 1. The Bertz CT molecular complexity index is 1150. The number of aliphatic imine (C=N–C) groups is 1. The molecule has 1 amide bonds. The van der Waals surface area contributed by atoms with E-state index in [2.05, 4.69) is 22.2 Å². The number of ketones is 1. The second-order valence-corrected chi connectivity index (χ2v) is 14.5. The van der Waals surface area contributed by atoms with E-state index in [1.165, 1.54) is 54.1 Å². The lowest BCUT2D eigenvalue weighted by atomic mass is 10.00. The van der Waals surface area contributed by atoms with Crippen LogP contribution in [-0.4, -0.2) is 62.0 Å². The quantitative estimate of drug-likeness (QED) is 0.161. The van der Waals surface area contributed by atoms with Crippen LogP contribution in [0, 0.1) is 5.92 Å². The third-order valence-electron chi connectivity index (χ3n) is 7.23. The predicted molar refractivity (Wildman–Crippen MR) is 173 cm³/mol. The van der Waals surface area contributed by atoms with E-state index >= 15 is 0 Å². The van der Waals surface area contributed by atoms with Crippen LogP contribution in [0.15, 0.2) is 22.5 Å². The number of allylic oxidation sites excluding steroid dienone is 1. The van der Waals surface area contributed by atoms with Gasteiger partial charge in [-0.05, 0) is 38.2 Å². The summed E-state index contributed by atoms with van der Waals surface area (Å²) in [4.78, 5) is 61.0. The van der Waals surface area contributed by atoms with E-state index in [1.807, 2.05) is 25.3 Å². The highest BCUT2D eigenvalue weighted by atomic mass is 32.2. The minimum absolute atomic E-state index is 0.0216. The zero-order chi connectivity index (χ0) is 30.5. The number of nitrogens with one attached hydrogen (secondary N) is 1. The summed E-state index contributed by atoms with van der Waals surface area (Å²) in [5.41, 5.74) is -0.290. The number of aryl methyl sites for hydroxylation is 1. The maximum Gasteiger partial charge on any atom is 0.329 e. The molecule has 0 radical (unpaired) electrons. The number of thiazole rings is 1. The average molecular weight is 636 g/mol. The summed E-state index contributed by atoms with van der Waals surface area (Å²) >= 11 is 4.34. The molecule has 42 heavy (non-hydrogen) atoms. The minimum atomic E-state index is -1.02. The molecule has 0 saturated carbocycles. The van der Waals surface area contributed by atoms with Crippen molar-refractivity contribution in [3.63, 3.8) is 0 Å². The van der Waals surface area contributed by atoms with Gasteiger partial charge in [0.05, 0.1) is 5.01 Å². The van der Waals surface area contributed by atoms with Crippen molar-refractivity contribution in [3.05, 3.63) is 28.2 Å². The Morgan fingerprint density at radius 3 is 2.74 bits per heavy atom. The molecule has 0 fully saturated rings. The molecule has 0 aromatic carbocycles. The van der Waals surface area contributed by atoms with Crippen LogP contribution < -0.4 is 5.32 Å². The highest BCUT2D eigenvalue weighted by Crippen LogP contribution is 2.32. The zero-order valence-corrected chi connectivity index (χ0v) is 27.8. The van der Waals surface area contributed by atoms with E-state index in [1.54, 1.807) is 13.0 Å². The van der Waals surface area contributed by atoms with Gasteiger partial charge >= 0.3 is 5.97 Å². The predicted octanol–water partition coefficient (Wildman–Crippen LogP) is 6.31. The van der Waals surface area contributed by atoms with Gasteiger partial charge in [0, 0.05) is 42.6 Å². The van der Waals surface area contributed by atoms with Gasteiger partial charge in [-0.15, -0.1) is 23.1 Å². The topological polar surface area (TPSA) is 115 Å². The van der Waals surface area contributed by atoms with Gasteiger partial charge in [0.15, 0.2) is 5.12 Å². The summed E-state index contributed by atoms with van der Waals surface area (Å²) in [6, 6.07) is -0.868. The minimum Gasteiger partial charge on any atom is -0.456 e. The van der Waals surface area contributed by atoms with Gasteiger partial charge in [-0.3, -0.25) is 19.4 Å². The van der Waals surface area contributed by atoms with Crippen molar-refractivity contribution in [2.45, 2.75) is 116 Å². The first-order valence-electron chi connectivity index (χ1n) is 15.1. The van der Waals surface area contributed by atoms with Crippen LogP contribution in [0.2, 0.25) is 0 Å². The van der Waals surface area contributed by atoms with Crippen LogP contribution in [0.3, 0.4) is 0 Å². The van der Waals surface area contributed by atoms with Crippen molar-refractivity contribution >= 4 is 62.7 Å². The molecule has 3 heterocycles. The van der Waals surface area contributed by atoms with Crippen molar-refractivity contribution in [1.82, 2.24) is 10.3 Å². The molecule has 4 bridgehead atoms. The molecule has 0 saturated heterocycles. The van der Waals surface area contributed by atoms with E-state index in [0.29, 0.717) is 36.5 Å². The lowest BCUT2D eigenvalue weighted by molar-refractivity contribution is -0.153. The Morgan fingerprint density at radius 1 is 1.19 bits per heavy atom. The first-order valence-corrected chi connectivity index (χ1v) is 18.0. The second kappa shape index (κ2) is 17.3. The highest BCUT2D eigenvalue weighted by molar-refractivity contribution is 8.14. The molecule has 2 aliphatic heterocycles. The second-order valence-electron chi connectivity index (χ2n) is 11.5. The number of cyclic esters (lactones) is 1. The molecular formula is C31H45N3O5S3. The number of aromatic nitrogens is 1. The van der Waals surface area contributed by atoms with Crippen molar-refractivity contribution in [2.75, 3.05) is 11.5 Å². The standard InChI is InChI=1S/C31H45N3O5S3/c1-5-6-7-8-11-14-26(36)40-17-12-9-10-13-23-18-22(35)15-16-25-32-24(19-41-25)28-34-31(4,20-42-28)30(38)33-27(21(2)3)29(37)39-23/h10,13,19,21,23,27H,5-9,11-12,14-18,20H2,1-4H3,(H,33,38)/b13-10+/t23?,27-,31-/m0/s1. The number of ether oxygens (including phenoxy) is 1. The fourth-order valence-corrected chi connectivity index (χ4v) is 7.40. The summed E-state index contributed by atoms with van der Waals surface area (Å²) < 4.78 is 5.83. The first-order chi connectivity index (χ1) is 20.1. The number of amides is 1. The maximum atomic E-state index is 13.3. The Labute approximate surface area is 262 Å². The van der Waals surface area contributed by atoms with E-state index in [-0.39, 0.29) is 29.1 Å². The Hall–Kier alpha value is -1.98. The van der Waals surface area contributed by atoms with Gasteiger partial charge in [-0.25, -0.2) is 9.78 Å². The van der Waals surface area contributed by atoms with Gasteiger partial charge in [-0.2, -0.15) is 0 Å². The number of rotatable bonds is 12. The van der Waals surface area contributed by atoms with E-state index < -0.39 is 23.7 Å². The molecule has 1 aromatic heterocycles. The molecule has 2 aliphatic rings. The number of carbonyl (C=O) groups is 4. The van der Waals surface area contributed by atoms with Crippen molar-refractivity contribution in [3.8, 4) is 0 Å². The fourth-order valence-electron chi connectivity index (χ4n) is 4.59. The Balaban J connectivity index is 1.62. The molecule has 1 unspecified atom stereocenters. The summed E-state index contributed by atoms with van der Waals surface area (Å²) in [5.74, 6) is 0.0532. The van der Waals surface area contributed by atoms with Crippen molar-refractivity contribution in [2.24, 2.45) is 10.9 Å². The monoisotopic (exact) mass is 635 g/mol. The molecule has 11 heteroatoms. The molecule has 0 aliphatic carbocycles. The van der Waals surface area contributed by atoms with Crippen molar-refractivity contribution in [1.29, 1.82) is 0 Å². The highest BCUT2D eigenvalue weighted by Gasteiger charge is 2.41. The normalized spacial score (nSPS) is 23.7. The average Bonchev–Trinajstić information content (AvgIpc) is 3.59. The van der Waals surface area contributed by atoms with Crippen LogP contribution in [0.5, 0.6) is 0 Å². The number of fused-ring (bicyclic) bond motifs is 4. The molecular weight excluding hydrogens is 591 g/mol. The Morgan fingerprint density at radius 2 is 1.98 bits per heavy atom. The molecule has 1 N–H and O–H groups in total. The summed E-state index contributed by atoms with van der Waals surface area (Å²) in [5, 5.41) is 6.57. The third-order valence-corrected chi connectivity index (χ3v) is 10.4. The molecule has 8 nitrogen and oxygen atoms in total. The number of Topliss-reactive ketones (excluding diaryl/α,β-unsaturated/α-hetero) is 1. The molecule has 3 rings (SSSR count). The zero-order valence-electron chi connectivity index (χ0n) is 25.3. The van der Waals surface area contributed by atoms with Crippen LogP contribution in [0.4, 0.5) is 0 Å². The van der Waals surface area contributed by atoms with Gasteiger partial charge in [0.1, 0.15) is 34.2 Å². The number of thioether (sulfide) groups is 2. The Kier molecular flexibility index (Phi) is 14.3. The largest absolute Gasteiger partial charge is 0.456 e. The van der Waals surface area contributed by atoms with E-state index in [9.17, 15) is 19.2 Å². The lowest BCUT2D eigenvalue weighted by Gasteiger charge is -2.27. The molecule has 232 valence electrons.